The van der Waals surface area contributed by atoms with Crippen molar-refractivity contribution in [3.8, 4) is 0 Å². The molecule has 0 fully saturated rings. The van der Waals surface area contributed by atoms with Gasteiger partial charge in [0.1, 0.15) is 11.6 Å². The van der Waals surface area contributed by atoms with Crippen LogP contribution in [-0.4, -0.2) is 5.11 Å². The Morgan fingerprint density at radius 3 is 2.42 bits per heavy atom. The van der Waals surface area contributed by atoms with Gasteiger partial charge < -0.3 is 5.11 Å². The lowest BCUT2D eigenvalue weighted by Gasteiger charge is -2.12. The average Bonchev–Trinajstić information content (AvgIpc) is 2.44. The first-order valence-electron chi connectivity index (χ1n) is 5.95. The standard InChI is InChI=1S/C15H13BrF2O/c16-12-7-8-13(17)11(15(12)18)6-9-14(19)10-4-2-1-3-5-10/h1-5,7-8,14,19H,6,9H2. The molecule has 2 aromatic carbocycles. The lowest BCUT2D eigenvalue weighted by atomic mass is 10.0. The molecule has 1 unspecified atom stereocenters. The lowest BCUT2D eigenvalue weighted by Crippen LogP contribution is -2.03. The van der Waals surface area contributed by atoms with Crippen molar-refractivity contribution < 1.29 is 13.9 Å². The van der Waals surface area contributed by atoms with Crippen LogP contribution in [0.5, 0.6) is 0 Å². The maximum atomic E-state index is 13.7. The van der Waals surface area contributed by atoms with Crippen molar-refractivity contribution in [2.75, 3.05) is 0 Å². The molecule has 0 aliphatic heterocycles. The SMILES string of the molecule is OC(CCc1c(F)ccc(Br)c1F)c1ccccc1. The summed E-state index contributed by atoms with van der Waals surface area (Å²) in [5.41, 5.74) is 0.752. The van der Waals surface area contributed by atoms with Crippen LogP contribution in [0.15, 0.2) is 46.9 Å². The van der Waals surface area contributed by atoms with Gasteiger partial charge in [-0.3, -0.25) is 0 Å². The molecule has 0 radical (unpaired) electrons. The molecule has 19 heavy (non-hydrogen) atoms. The number of hydrogen-bond acceptors (Lipinski definition) is 1. The third kappa shape index (κ3) is 3.39. The van der Waals surface area contributed by atoms with Crippen molar-refractivity contribution in [1.82, 2.24) is 0 Å². The van der Waals surface area contributed by atoms with E-state index in [4.69, 9.17) is 0 Å². The number of benzene rings is 2. The molecule has 4 heteroatoms. The van der Waals surface area contributed by atoms with Crippen molar-refractivity contribution in [3.05, 3.63) is 69.7 Å². The molecule has 0 amide bonds. The number of aliphatic hydroxyl groups is 1. The molecule has 1 N–H and O–H groups in total. The summed E-state index contributed by atoms with van der Waals surface area (Å²) in [6.45, 7) is 0. The highest BCUT2D eigenvalue weighted by Gasteiger charge is 2.14. The Morgan fingerprint density at radius 1 is 1.05 bits per heavy atom. The third-order valence-electron chi connectivity index (χ3n) is 2.99. The van der Waals surface area contributed by atoms with E-state index in [1.807, 2.05) is 18.2 Å². The Kier molecular flexibility index (Phi) is 4.66. The summed E-state index contributed by atoms with van der Waals surface area (Å²) in [5.74, 6) is -1.18. The molecule has 0 bridgehead atoms. The van der Waals surface area contributed by atoms with Gasteiger partial charge in [0.15, 0.2) is 0 Å². The fourth-order valence-electron chi connectivity index (χ4n) is 1.92. The van der Waals surface area contributed by atoms with Crippen LogP contribution in [0.25, 0.3) is 0 Å². The molecule has 0 aromatic heterocycles. The van der Waals surface area contributed by atoms with E-state index in [1.165, 1.54) is 12.1 Å². The van der Waals surface area contributed by atoms with Gasteiger partial charge in [0.25, 0.3) is 0 Å². The molecular weight excluding hydrogens is 314 g/mol. The highest BCUT2D eigenvalue weighted by atomic mass is 79.9. The van der Waals surface area contributed by atoms with Gasteiger partial charge in [0.05, 0.1) is 10.6 Å². The van der Waals surface area contributed by atoms with E-state index in [1.54, 1.807) is 12.1 Å². The minimum absolute atomic E-state index is 0.00403. The summed E-state index contributed by atoms with van der Waals surface area (Å²) < 4.78 is 27.5. The molecule has 0 aliphatic carbocycles. The molecule has 0 saturated carbocycles. The minimum Gasteiger partial charge on any atom is -0.388 e. The number of hydrogen-bond donors (Lipinski definition) is 1. The number of halogens is 3. The maximum absolute atomic E-state index is 13.7. The summed E-state index contributed by atoms with van der Waals surface area (Å²) in [7, 11) is 0. The molecule has 0 spiro atoms. The maximum Gasteiger partial charge on any atom is 0.143 e. The van der Waals surface area contributed by atoms with Gasteiger partial charge in [0.2, 0.25) is 0 Å². The second kappa shape index (κ2) is 6.26. The van der Waals surface area contributed by atoms with Crippen LogP contribution in [0.4, 0.5) is 8.78 Å². The molecule has 0 aliphatic rings. The molecular formula is C15H13BrF2O. The van der Waals surface area contributed by atoms with Gasteiger partial charge >= 0.3 is 0 Å². The Bertz CT molecular complexity index is 558. The third-order valence-corrected chi connectivity index (χ3v) is 3.60. The first-order chi connectivity index (χ1) is 9.09. The Hall–Kier alpha value is -1.26. The van der Waals surface area contributed by atoms with Crippen LogP contribution in [0.2, 0.25) is 0 Å². The predicted octanol–water partition coefficient (Wildman–Crippen LogP) is 4.39. The van der Waals surface area contributed by atoms with Crippen molar-refractivity contribution >= 4 is 15.9 Å². The average molecular weight is 327 g/mol. The molecule has 2 rings (SSSR count). The minimum atomic E-state index is -0.723. The van der Waals surface area contributed by atoms with Crippen molar-refractivity contribution in [3.63, 3.8) is 0 Å². The molecule has 0 heterocycles. The van der Waals surface area contributed by atoms with E-state index in [-0.39, 0.29) is 22.9 Å². The zero-order valence-corrected chi connectivity index (χ0v) is 11.7. The Morgan fingerprint density at radius 2 is 1.74 bits per heavy atom. The van der Waals surface area contributed by atoms with E-state index in [2.05, 4.69) is 15.9 Å². The van der Waals surface area contributed by atoms with Crippen LogP contribution in [0.1, 0.15) is 23.7 Å². The first kappa shape index (κ1) is 14.2. The number of rotatable bonds is 4. The van der Waals surface area contributed by atoms with E-state index < -0.39 is 17.7 Å². The van der Waals surface area contributed by atoms with E-state index in [0.717, 1.165) is 5.56 Å². The first-order valence-corrected chi connectivity index (χ1v) is 6.74. The second-order valence-electron chi connectivity index (χ2n) is 4.29. The normalized spacial score (nSPS) is 12.4. The van der Waals surface area contributed by atoms with Gasteiger partial charge in [-0.05, 0) is 46.5 Å². The Labute approximate surface area is 119 Å². The highest BCUT2D eigenvalue weighted by molar-refractivity contribution is 9.10. The largest absolute Gasteiger partial charge is 0.388 e. The summed E-state index contributed by atoms with van der Waals surface area (Å²) in [4.78, 5) is 0. The molecule has 1 nitrogen and oxygen atoms in total. The molecule has 2 aromatic rings. The van der Waals surface area contributed by atoms with Gasteiger partial charge in [-0.15, -0.1) is 0 Å². The quantitative estimate of drug-likeness (QED) is 0.826. The molecule has 100 valence electrons. The summed E-state index contributed by atoms with van der Waals surface area (Å²) in [5, 5.41) is 9.98. The smallest absolute Gasteiger partial charge is 0.143 e. The second-order valence-corrected chi connectivity index (χ2v) is 5.14. The predicted molar refractivity (Wildman–Crippen MR) is 73.8 cm³/mol. The monoisotopic (exact) mass is 326 g/mol. The van der Waals surface area contributed by atoms with Gasteiger partial charge in [0, 0.05) is 5.56 Å². The van der Waals surface area contributed by atoms with Crippen LogP contribution < -0.4 is 0 Å². The zero-order valence-electron chi connectivity index (χ0n) is 10.1. The fourth-order valence-corrected chi connectivity index (χ4v) is 2.29. The van der Waals surface area contributed by atoms with E-state index >= 15 is 0 Å². The van der Waals surface area contributed by atoms with Crippen LogP contribution in [0, 0.1) is 11.6 Å². The van der Waals surface area contributed by atoms with Gasteiger partial charge in [-0.2, -0.15) is 0 Å². The molecule has 1 atom stereocenters. The van der Waals surface area contributed by atoms with Crippen LogP contribution in [-0.2, 0) is 6.42 Å². The summed E-state index contributed by atoms with van der Waals surface area (Å²) in [6, 6.07) is 11.6. The highest BCUT2D eigenvalue weighted by Crippen LogP contribution is 2.25. The van der Waals surface area contributed by atoms with Gasteiger partial charge in [-0.1, -0.05) is 30.3 Å². The van der Waals surface area contributed by atoms with Crippen LogP contribution >= 0.6 is 15.9 Å². The van der Waals surface area contributed by atoms with E-state index in [9.17, 15) is 13.9 Å². The summed E-state index contributed by atoms with van der Waals surface area (Å²) in [6.07, 6.45) is -0.305. The topological polar surface area (TPSA) is 20.2 Å². The van der Waals surface area contributed by atoms with E-state index in [0.29, 0.717) is 0 Å². The van der Waals surface area contributed by atoms with Crippen molar-refractivity contribution in [2.24, 2.45) is 0 Å². The summed E-state index contributed by atoms with van der Waals surface area (Å²) >= 11 is 3.03. The fraction of sp³-hybridized carbons (Fsp3) is 0.200. The molecule has 0 saturated heterocycles. The Balaban J connectivity index is 2.09. The van der Waals surface area contributed by atoms with Crippen molar-refractivity contribution in [2.45, 2.75) is 18.9 Å². The zero-order chi connectivity index (χ0) is 13.8. The van der Waals surface area contributed by atoms with Crippen LogP contribution in [0.3, 0.4) is 0 Å². The van der Waals surface area contributed by atoms with Gasteiger partial charge in [-0.25, -0.2) is 8.78 Å². The number of aliphatic hydroxyl groups excluding tert-OH is 1. The van der Waals surface area contributed by atoms with Crippen molar-refractivity contribution in [1.29, 1.82) is 0 Å². The lowest BCUT2D eigenvalue weighted by molar-refractivity contribution is 0.167.